The van der Waals surface area contributed by atoms with E-state index < -0.39 is 5.54 Å². The van der Waals surface area contributed by atoms with Crippen molar-refractivity contribution in [2.24, 2.45) is 0 Å². The highest BCUT2D eigenvalue weighted by Gasteiger charge is 2.53. The standard InChI is InChI=1S/C5H9NO2/c1-2-5(3-4-5)6(7)8/h2-4H2,1H3. The summed E-state index contributed by atoms with van der Waals surface area (Å²) in [5, 5.41) is 10.1. The number of hydrogen-bond acceptors (Lipinski definition) is 2. The van der Waals surface area contributed by atoms with E-state index in [4.69, 9.17) is 0 Å². The molecule has 0 aliphatic heterocycles. The van der Waals surface area contributed by atoms with Crippen LogP contribution in [-0.4, -0.2) is 10.5 Å². The maximum atomic E-state index is 10.1. The fourth-order valence-electron chi connectivity index (χ4n) is 0.810. The van der Waals surface area contributed by atoms with Crippen LogP contribution in [0.4, 0.5) is 0 Å². The molecule has 0 saturated heterocycles. The summed E-state index contributed by atoms with van der Waals surface area (Å²) in [5.74, 6) is 0. The Balaban J connectivity index is 2.53. The Morgan fingerprint density at radius 3 is 2.25 bits per heavy atom. The van der Waals surface area contributed by atoms with E-state index in [-0.39, 0.29) is 4.92 Å². The predicted molar refractivity (Wildman–Crippen MR) is 29.3 cm³/mol. The second kappa shape index (κ2) is 1.44. The molecule has 0 N–H and O–H groups in total. The van der Waals surface area contributed by atoms with Crippen molar-refractivity contribution in [1.29, 1.82) is 0 Å². The molecule has 46 valence electrons. The van der Waals surface area contributed by atoms with E-state index in [0.717, 1.165) is 12.8 Å². The third kappa shape index (κ3) is 0.582. The molecule has 0 unspecified atom stereocenters. The molecule has 8 heavy (non-hydrogen) atoms. The molecular weight excluding hydrogens is 106 g/mol. The summed E-state index contributed by atoms with van der Waals surface area (Å²) >= 11 is 0. The number of rotatable bonds is 2. The molecule has 3 heteroatoms. The van der Waals surface area contributed by atoms with Gasteiger partial charge in [-0.1, -0.05) is 6.92 Å². The summed E-state index contributed by atoms with van der Waals surface area (Å²) < 4.78 is 0. The molecule has 0 amide bonds. The van der Waals surface area contributed by atoms with E-state index in [1.54, 1.807) is 0 Å². The molecule has 1 fully saturated rings. The van der Waals surface area contributed by atoms with Crippen molar-refractivity contribution in [3.05, 3.63) is 10.1 Å². The monoisotopic (exact) mass is 115 g/mol. The molecule has 0 aromatic heterocycles. The Morgan fingerprint density at radius 1 is 1.75 bits per heavy atom. The summed E-state index contributed by atoms with van der Waals surface area (Å²) in [7, 11) is 0. The van der Waals surface area contributed by atoms with E-state index in [2.05, 4.69) is 0 Å². The van der Waals surface area contributed by atoms with Gasteiger partial charge in [0, 0.05) is 24.2 Å². The SMILES string of the molecule is CCC1([N+](=O)[O-])CC1. The van der Waals surface area contributed by atoms with Crippen LogP contribution in [0.25, 0.3) is 0 Å². The van der Waals surface area contributed by atoms with Gasteiger partial charge >= 0.3 is 0 Å². The molecule has 1 saturated carbocycles. The van der Waals surface area contributed by atoms with Crippen molar-refractivity contribution < 1.29 is 4.92 Å². The largest absolute Gasteiger partial charge is 0.264 e. The van der Waals surface area contributed by atoms with Gasteiger partial charge in [-0.25, -0.2) is 0 Å². The molecule has 0 aromatic rings. The molecule has 1 rings (SSSR count). The lowest BCUT2D eigenvalue weighted by atomic mass is 10.2. The summed E-state index contributed by atoms with van der Waals surface area (Å²) in [6.07, 6.45) is 2.27. The number of nitro groups is 1. The van der Waals surface area contributed by atoms with Gasteiger partial charge in [-0.05, 0) is 0 Å². The molecule has 0 radical (unpaired) electrons. The van der Waals surface area contributed by atoms with E-state index in [1.807, 2.05) is 6.92 Å². The van der Waals surface area contributed by atoms with Crippen molar-refractivity contribution in [1.82, 2.24) is 0 Å². The first-order valence-corrected chi connectivity index (χ1v) is 2.86. The first-order valence-electron chi connectivity index (χ1n) is 2.86. The van der Waals surface area contributed by atoms with E-state index >= 15 is 0 Å². The van der Waals surface area contributed by atoms with Crippen LogP contribution < -0.4 is 0 Å². The van der Waals surface area contributed by atoms with Crippen LogP contribution >= 0.6 is 0 Å². The quantitative estimate of drug-likeness (QED) is 0.401. The van der Waals surface area contributed by atoms with Gasteiger partial charge in [0.25, 0.3) is 0 Å². The average molecular weight is 115 g/mol. The maximum Gasteiger partial charge on any atom is 0.222 e. The van der Waals surface area contributed by atoms with Gasteiger partial charge in [0.15, 0.2) is 0 Å². The second-order valence-corrected chi connectivity index (χ2v) is 2.34. The molecule has 3 nitrogen and oxygen atoms in total. The van der Waals surface area contributed by atoms with Crippen LogP contribution in [0.1, 0.15) is 26.2 Å². The highest BCUT2D eigenvalue weighted by Crippen LogP contribution is 2.41. The summed E-state index contributed by atoms with van der Waals surface area (Å²) in [6, 6.07) is 0. The van der Waals surface area contributed by atoms with Gasteiger partial charge in [-0.3, -0.25) is 10.1 Å². The van der Waals surface area contributed by atoms with Crippen molar-refractivity contribution in [3.8, 4) is 0 Å². The van der Waals surface area contributed by atoms with Gasteiger partial charge in [0.05, 0.1) is 0 Å². The molecule has 0 spiro atoms. The molecule has 0 bridgehead atoms. The average Bonchev–Trinajstić information content (AvgIpc) is 2.44. The lowest BCUT2D eigenvalue weighted by Gasteiger charge is -1.99. The first-order chi connectivity index (χ1) is 3.71. The molecule has 0 atom stereocenters. The lowest BCUT2D eigenvalue weighted by Crippen LogP contribution is -2.18. The number of nitrogens with zero attached hydrogens (tertiary/aromatic N) is 1. The van der Waals surface area contributed by atoms with Crippen molar-refractivity contribution in [2.45, 2.75) is 31.7 Å². The molecular formula is C5H9NO2. The summed E-state index contributed by atoms with van der Waals surface area (Å²) in [6.45, 7) is 1.87. The lowest BCUT2D eigenvalue weighted by molar-refractivity contribution is -0.538. The molecule has 1 aliphatic rings. The molecule has 1 aliphatic carbocycles. The van der Waals surface area contributed by atoms with E-state index in [1.165, 1.54) is 0 Å². The predicted octanol–water partition coefficient (Wildman–Crippen LogP) is 1.21. The Hall–Kier alpha value is -0.600. The first kappa shape index (κ1) is 5.54. The third-order valence-corrected chi connectivity index (χ3v) is 1.87. The Morgan fingerprint density at radius 2 is 2.25 bits per heavy atom. The fourth-order valence-corrected chi connectivity index (χ4v) is 0.810. The highest BCUT2D eigenvalue weighted by atomic mass is 16.6. The Bertz CT molecular complexity index is 118. The van der Waals surface area contributed by atoms with Gasteiger partial charge in [-0.2, -0.15) is 0 Å². The maximum absolute atomic E-state index is 10.1. The van der Waals surface area contributed by atoms with Crippen LogP contribution in [0.15, 0.2) is 0 Å². The van der Waals surface area contributed by atoms with Crippen LogP contribution in [0.5, 0.6) is 0 Å². The summed E-state index contributed by atoms with van der Waals surface area (Å²) in [5.41, 5.74) is -0.486. The van der Waals surface area contributed by atoms with Crippen molar-refractivity contribution >= 4 is 0 Å². The second-order valence-electron chi connectivity index (χ2n) is 2.34. The minimum atomic E-state index is -0.486. The molecule has 0 aromatic carbocycles. The normalized spacial score (nSPS) is 22.6. The van der Waals surface area contributed by atoms with E-state index in [9.17, 15) is 10.1 Å². The van der Waals surface area contributed by atoms with Crippen LogP contribution in [0.2, 0.25) is 0 Å². The molecule has 0 heterocycles. The van der Waals surface area contributed by atoms with Crippen molar-refractivity contribution in [2.75, 3.05) is 0 Å². The van der Waals surface area contributed by atoms with Gasteiger partial charge in [-0.15, -0.1) is 0 Å². The Labute approximate surface area is 47.8 Å². The minimum absolute atomic E-state index is 0.146. The fraction of sp³-hybridized carbons (Fsp3) is 1.00. The van der Waals surface area contributed by atoms with Crippen molar-refractivity contribution in [3.63, 3.8) is 0 Å². The van der Waals surface area contributed by atoms with Gasteiger partial charge < -0.3 is 0 Å². The number of hydrogen-bond donors (Lipinski definition) is 0. The van der Waals surface area contributed by atoms with E-state index in [0.29, 0.717) is 6.42 Å². The van der Waals surface area contributed by atoms with Gasteiger partial charge in [0.1, 0.15) is 0 Å². The van der Waals surface area contributed by atoms with Crippen LogP contribution in [-0.2, 0) is 0 Å². The minimum Gasteiger partial charge on any atom is -0.264 e. The zero-order valence-corrected chi connectivity index (χ0v) is 4.89. The van der Waals surface area contributed by atoms with Gasteiger partial charge in [0.2, 0.25) is 5.54 Å². The summed E-state index contributed by atoms with van der Waals surface area (Å²) in [4.78, 5) is 9.97. The van der Waals surface area contributed by atoms with Crippen LogP contribution in [0.3, 0.4) is 0 Å². The zero-order chi connectivity index (χ0) is 6.20. The highest BCUT2D eigenvalue weighted by molar-refractivity contribution is 4.92. The third-order valence-electron chi connectivity index (χ3n) is 1.87. The van der Waals surface area contributed by atoms with Crippen LogP contribution in [0, 0.1) is 10.1 Å². The smallest absolute Gasteiger partial charge is 0.222 e. The zero-order valence-electron chi connectivity index (χ0n) is 4.89. The topological polar surface area (TPSA) is 43.1 Å². The Kier molecular flexibility index (Phi) is 0.994.